The molecular weight excluding hydrogens is 332 g/mol. The third-order valence-corrected chi connectivity index (χ3v) is 4.18. The van der Waals surface area contributed by atoms with E-state index in [0.717, 1.165) is 5.56 Å². The van der Waals surface area contributed by atoms with Crippen LogP contribution in [0.5, 0.6) is 5.75 Å². The van der Waals surface area contributed by atoms with Crippen LogP contribution >= 0.6 is 0 Å². The molecule has 1 N–H and O–H groups in total. The van der Waals surface area contributed by atoms with Gasteiger partial charge >= 0.3 is 0 Å². The molecular formula is C18H18N6O2. The standard InChI is InChI=1S/C18H18N6O2/c1-18(2)8-13-14(9-19)16(21-11-5-4-6-12(7-11)25-3)22-17(23-24-20)15(13)10-26-18/h4-7H,8,10H2,1-3H3,(H,21,22). The third-order valence-electron chi connectivity index (χ3n) is 4.18. The highest BCUT2D eigenvalue weighted by Crippen LogP contribution is 2.38. The van der Waals surface area contributed by atoms with Gasteiger partial charge in [-0.15, -0.1) is 0 Å². The largest absolute Gasteiger partial charge is 0.497 e. The topological polar surface area (TPSA) is 116 Å². The molecule has 1 aromatic heterocycles. The van der Waals surface area contributed by atoms with Gasteiger partial charge in [-0.25, -0.2) is 4.98 Å². The van der Waals surface area contributed by atoms with Crippen molar-refractivity contribution in [3.05, 3.63) is 51.4 Å². The van der Waals surface area contributed by atoms with E-state index in [1.807, 2.05) is 32.0 Å². The Balaban J connectivity index is 2.14. The van der Waals surface area contributed by atoms with Crippen LogP contribution in [0.3, 0.4) is 0 Å². The fourth-order valence-electron chi connectivity index (χ4n) is 2.92. The first-order chi connectivity index (χ1) is 12.5. The Morgan fingerprint density at radius 1 is 1.42 bits per heavy atom. The van der Waals surface area contributed by atoms with Crippen molar-refractivity contribution < 1.29 is 9.47 Å². The monoisotopic (exact) mass is 350 g/mol. The van der Waals surface area contributed by atoms with Crippen molar-refractivity contribution in [2.24, 2.45) is 5.11 Å². The van der Waals surface area contributed by atoms with Crippen LogP contribution in [-0.4, -0.2) is 17.7 Å². The minimum absolute atomic E-state index is 0.224. The van der Waals surface area contributed by atoms with Gasteiger partial charge in [0, 0.05) is 28.6 Å². The van der Waals surface area contributed by atoms with Crippen molar-refractivity contribution in [1.29, 1.82) is 5.26 Å². The first-order valence-corrected chi connectivity index (χ1v) is 8.03. The van der Waals surface area contributed by atoms with Crippen LogP contribution in [0.15, 0.2) is 29.4 Å². The average molecular weight is 350 g/mol. The zero-order chi connectivity index (χ0) is 18.7. The van der Waals surface area contributed by atoms with Gasteiger partial charge in [0.15, 0.2) is 0 Å². The minimum atomic E-state index is -0.416. The molecule has 0 atom stereocenters. The van der Waals surface area contributed by atoms with Crippen LogP contribution in [0, 0.1) is 11.3 Å². The van der Waals surface area contributed by atoms with E-state index in [4.69, 9.17) is 15.0 Å². The second-order valence-corrected chi connectivity index (χ2v) is 6.50. The number of nitriles is 1. The average Bonchev–Trinajstić information content (AvgIpc) is 2.61. The minimum Gasteiger partial charge on any atom is -0.497 e. The number of nitrogens with one attached hydrogen (secondary N) is 1. The number of hydrogen-bond acceptors (Lipinski definition) is 6. The van der Waals surface area contributed by atoms with E-state index in [1.165, 1.54) is 0 Å². The fraction of sp³-hybridized carbons (Fsp3) is 0.333. The molecule has 0 fully saturated rings. The highest BCUT2D eigenvalue weighted by Gasteiger charge is 2.31. The number of benzene rings is 1. The first kappa shape index (κ1) is 17.5. The number of pyridine rings is 1. The van der Waals surface area contributed by atoms with E-state index in [9.17, 15) is 5.26 Å². The van der Waals surface area contributed by atoms with Crippen molar-refractivity contribution in [3.63, 3.8) is 0 Å². The van der Waals surface area contributed by atoms with Gasteiger partial charge in [-0.1, -0.05) is 6.07 Å². The van der Waals surface area contributed by atoms with Gasteiger partial charge in [0.25, 0.3) is 0 Å². The number of methoxy groups -OCH3 is 1. The molecule has 0 spiro atoms. The first-order valence-electron chi connectivity index (χ1n) is 8.03. The van der Waals surface area contributed by atoms with Crippen molar-refractivity contribution in [2.75, 3.05) is 12.4 Å². The summed E-state index contributed by atoms with van der Waals surface area (Å²) < 4.78 is 11.0. The quantitative estimate of drug-likeness (QED) is 0.495. The lowest BCUT2D eigenvalue weighted by Crippen LogP contribution is -2.32. The number of nitrogens with zero attached hydrogens (tertiary/aromatic N) is 5. The van der Waals surface area contributed by atoms with E-state index in [2.05, 4.69) is 26.4 Å². The predicted octanol–water partition coefficient (Wildman–Crippen LogP) is 4.50. The number of anilines is 2. The van der Waals surface area contributed by atoms with Crippen LogP contribution in [0.4, 0.5) is 17.3 Å². The molecule has 0 saturated carbocycles. The highest BCUT2D eigenvalue weighted by molar-refractivity contribution is 5.70. The number of fused-ring (bicyclic) bond motifs is 1. The molecule has 26 heavy (non-hydrogen) atoms. The lowest BCUT2D eigenvalue weighted by Gasteiger charge is -2.33. The Bertz CT molecular complexity index is 941. The molecule has 1 aliphatic rings. The molecule has 0 amide bonds. The molecule has 0 radical (unpaired) electrons. The number of hydrogen-bond donors (Lipinski definition) is 1. The van der Waals surface area contributed by atoms with Crippen LogP contribution in [0.2, 0.25) is 0 Å². The molecule has 2 heterocycles. The van der Waals surface area contributed by atoms with E-state index >= 15 is 0 Å². The van der Waals surface area contributed by atoms with E-state index in [-0.39, 0.29) is 12.4 Å². The summed E-state index contributed by atoms with van der Waals surface area (Å²) in [5.74, 6) is 1.25. The SMILES string of the molecule is COc1cccc(Nc2nc(N=[N+]=[N-])c3c(c2C#N)CC(C)(C)OC3)c1. The molecule has 132 valence electrons. The highest BCUT2D eigenvalue weighted by atomic mass is 16.5. The van der Waals surface area contributed by atoms with Gasteiger partial charge in [-0.05, 0) is 42.2 Å². The van der Waals surface area contributed by atoms with E-state index < -0.39 is 5.60 Å². The summed E-state index contributed by atoms with van der Waals surface area (Å²) in [7, 11) is 1.58. The van der Waals surface area contributed by atoms with Crippen molar-refractivity contribution in [2.45, 2.75) is 32.5 Å². The number of rotatable bonds is 4. The second-order valence-electron chi connectivity index (χ2n) is 6.50. The van der Waals surface area contributed by atoms with Gasteiger partial charge in [-0.2, -0.15) is 5.26 Å². The molecule has 0 bridgehead atoms. The summed E-state index contributed by atoms with van der Waals surface area (Å²) in [4.78, 5) is 7.23. The van der Waals surface area contributed by atoms with Crippen molar-refractivity contribution in [1.82, 2.24) is 4.98 Å². The summed E-state index contributed by atoms with van der Waals surface area (Å²) in [6, 6.07) is 9.52. The van der Waals surface area contributed by atoms with Gasteiger partial charge in [-0.3, -0.25) is 0 Å². The maximum Gasteiger partial charge on any atom is 0.149 e. The lowest BCUT2D eigenvalue weighted by molar-refractivity contribution is -0.0399. The molecule has 3 rings (SSSR count). The summed E-state index contributed by atoms with van der Waals surface area (Å²) in [6.07, 6.45) is 0.522. The van der Waals surface area contributed by atoms with Crippen LogP contribution in [-0.2, 0) is 17.8 Å². The summed E-state index contributed by atoms with van der Waals surface area (Å²) in [6.45, 7) is 4.16. The Kier molecular flexibility index (Phi) is 4.67. The molecule has 1 aromatic carbocycles. The number of ether oxygens (including phenoxy) is 2. The zero-order valence-electron chi connectivity index (χ0n) is 14.8. The summed E-state index contributed by atoms with van der Waals surface area (Å²) in [5, 5.41) is 16.6. The van der Waals surface area contributed by atoms with Gasteiger partial charge in [0.1, 0.15) is 23.5 Å². The maximum atomic E-state index is 9.75. The Morgan fingerprint density at radius 3 is 2.92 bits per heavy atom. The van der Waals surface area contributed by atoms with Crippen LogP contribution in [0.1, 0.15) is 30.5 Å². The van der Waals surface area contributed by atoms with Gasteiger partial charge in [0.2, 0.25) is 0 Å². The normalized spacial score (nSPS) is 14.5. The summed E-state index contributed by atoms with van der Waals surface area (Å²) in [5.41, 5.74) is 11.1. The predicted molar refractivity (Wildman–Crippen MR) is 96.6 cm³/mol. The van der Waals surface area contributed by atoms with E-state index in [0.29, 0.717) is 34.8 Å². The van der Waals surface area contributed by atoms with Crippen molar-refractivity contribution >= 4 is 17.3 Å². The second kappa shape index (κ2) is 6.92. The maximum absolute atomic E-state index is 9.75. The smallest absolute Gasteiger partial charge is 0.149 e. The Morgan fingerprint density at radius 2 is 2.23 bits per heavy atom. The molecule has 0 aliphatic carbocycles. The lowest BCUT2D eigenvalue weighted by atomic mass is 9.89. The van der Waals surface area contributed by atoms with E-state index in [1.54, 1.807) is 13.2 Å². The fourth-order valence-corrected chi connectivity index (χ4v) is 2.92. The Labute approximate surface area is 151 Å². The van der Waals surface area contributed by atoms with Crippen LogP contribution < -0.4 is 10.1 Å². The van der Waals surface area contributed by atoms with Crippen molar-refractivity contribution in [3.8, 4) is 11.8 Å². The Hall–Kier alpha value is -3.27. The zero-order valence-corrected chi connectivity index (χ0v) is 14.8. The number of aromatic nitrogens is 1. The molecule has 8 heteroatoms. The van der Waals surface area contributed by atoms with Gasteiger partial charge in [0.05, 0.1) is 24.9 Å². The molecule has 2 aromatic rings. The molecule has 0 unspecified atom stereocenters. The van der Waals surface area contributed by atoms with Gasteiger partial charge < -0.3 is 14.8 Å². The molecule has 8 nitrogen and oxygen atoms in total. The number of azide groups is 1. The molecule has 0 saturated heterocycles. The third kappa shape index (κ3) is 3.40. The van der Waals surface area contributed by atoms with Crippen LogP contribution in [0.25, 0.3) is 10.4 Å². The summed E-state index contributed by atoms with van der Waals surface area (Å²) >= 11 is 0. The molecule has 1 aliphatic heterocycles.